The highest BCUT2D eigenvalue weighted by Gasteiger charge is 2.46. The van der Waals surface area contributed by atoms with Gasteiger partial charge in [-0.05, 0) is 35.4 Å². The molecule has 49 heavy (non-hydrogen) atoms. The number of amides is 1. The molecule has 16 heteroatoms. The number of ether oxygens (including phenoxy) is 2. The molecule has 3 saturated heterocycles. The van der Waals surface area contributed by atoms with E-state index in [0.717, 1.165) is 0 Å². The lowest BCUT2D eigenvalue weighted by molar-refractivity contribution is -0.277. The lowest BCUT2D eigenvalue weighted by Gasteiger charge is -2.40. The summed E-state index contributed by atoms with van der Waals surface area (Å²) in [5, 5.41) is 71.6. The third kappa shape index (κ3) is 5.52. The molecule has 0 bridgehead atoms. The lowest BCUT2D eigenvalue weighted by Crippen LogP contribution is -2.70. The van der Waals surface area contributed by atoms with Crippen molar-refractivity contribution in [2.45, 2.75) is 62.2 Å². The minimum Gasteiger partial charge on any atom is -0.504 e. The Kier molecular flexibility index (Phi) is 8.60. The topological polar surface area (TPSA) is 256 Å². The van der Waals surface area contributed by atoms with E-state index in [1.807, 2.05) is 11.0 Å². The molecule has 1 amide bonds. The van der Waals surface area contributed by atoms with Gasteiger partial charge in [0, 0.05) is 34.4 Å². The molecule has 3 aromatic carbocycles. The van der Waals surface area contributed by atoms with Gasteiger partial charge in [0.2, 0.25) is 12.2 Å². The molecular weight excluding hydrogens is 642 g/mol. The van der Waals surface area contributed by atoms with Crippen molar-refractivity contribution < 1.29 is 54.5 Å². The Morgan fingerprint density at radius 2 is 1.69 bits per heavy atom. The van der Waals surface area contributed by atoms with Crippen LogP contribution in [0.15, 0.2) is 48.5 Å². The number of nitrogens with one attached hydrogen (secondary N) is 3. The molecule has 3 heterocycles. The molecule has 3 aromatic rings. The maximum Gasteiger partial charge on any atom is 0.242 e. The molecule has 8 atom stereocenters. The van der Waals surface area contributed by atoms with Crippen molar-refractivity contribution in [2.75, 3.05) is 18.2 Å². The van der Waals surface area contributed by atoms with Crippen molar-refractivity contribution in [3.05, 3.63) is 87.5 Å². The number of para-hydroxylation sites is 1. The van der Waals surface area contributed by atoms with E-state index in [4.69, 9.17) is 15.2 Å². The Labute approximate surface area is 278 Å². The van der Waals surface area contributed by atoms with Crippen LogP contribution in [-0.2, 0) is 22.6 Å². The highest BCUT2D eigenvalue weighted by Crippen LogP contribution is 2.44. The van der Waals surface area contributed by atoms with Crippen LogP contribution >= 0.6 is 0 Å². The number of hydrogen-bond donors (Lipinski definition) is 10. The average molecular weight is 678 g/mol. The van der Waals surface area contributed by atoms with Gasteiger partial charge in [-0.3, -0.25) is 30.8 Å². The van der Waals surface area contributed by atoms with Crippen molar-refractivity contribution in [3.8, 4) is 11.5 Å². The molecule has 0 unspecified atom stereocenters. The monoisotopic (exact) mass is 677 g/mol. The van der Waals surface area contributed by atoms with Gasteiger partial charge in [0.1, 0.15) is 42.9 Å². The molecule has 0 saturated carbocycles. The van der Waals surface area contributed by atoms with Crippen LogP contribution in [0.5, 0.6) is 11.5 Å². The number of benzene rings is 3. The van der Waals surface area contributed by atoms with Gasteiger partial charge in [-0.2, -0.15) is 0 Å². The maximum absolute atomic E-state index is 13.8. The number of phenolic OH excluding ortho intramolecular Hbond substituents is 1. The van der Waals surface area contributed by atoms with Crippen molar-refractivity contribution >= 4 is 23.2 Å². The number of ketones is 2. The van der Waals surface area contributed by atoms with Crippen molar-refractivity contribution in [1.82, 2.24) is 16.0 Å². The number of carbonyl (C=O) groups excluding carboxylic acids is 3. The molecule has 3 aliphatic heterocycles. The van der Waals surface area contributed by atoms with E-state index >= 15 is 0 Å². The number of aromatic hydroxyl groups is 1. The summed E-state index contributed by atoms with van der Waals surface area (Å²) in [7, 11) is 0. The van der Waals surface area contributed by atoms with Gasteiger partial charge >= 0.3 is 0 Å². The van der Waals surface area contributed by atoms with E-state index in [2.05, 4.69) is 16.0 Å². The van der Waals surface area contributed by atoms with Gasteiger partial charge in [-0.25, -0.2) is 0 Å². The first-order valence-electron chi connectivity index (χ1n) is 15.6. The summed E-state index contributed by atoms with van der Waals surface area (Å²) in [6.45, 7) is -0.861. The van der Waals surface area contributed by atoms with Crippen LogP contribution in [0.1, 0.15) is 48.5 Å². The fourth-order valence-corrected chi connectivity index (χ4v) is 6.87. The summed E-state index contributed by atoms with van der Waals surface area (Å²) in [6, 6.07) is 12.3. The molecule has 258 valence electrons. The van der Waals surface area contributed by atoms with Crippen LogP contribution in [0.3, 0.4) is 0 Å². The van der Waals surface area contributed by atoms with Gasteiger partial charge in [-0.1, -0.05) is 24.3 Å². The molecule has 0 radical (unpaired) electrons. The first kappa shape index (κ1) is 33.0. The van der Waals surface area contributed by atoms with E-state index in [1.54, 1.807) is 18.2 Å². The molecule has 3 fully saturated rings. The maximum atomic E-state index is 13.8. The first-order valence-corrected chi connectivity index (χ1v) is 15.6. The first-order chi connectivity index (χ1) is 23.5. The number of fused-ring (bicyclic) bond motifs is 3. The summed E-state index contributed by atoms with van der Waals surface area (Å²) >= 11 is 0. The highest BCUT2D eigenvalue weighted by atomic mass is 16.7. The zero-order valence-electron chi connectivity index (χ0n) is 25.8. The molecule has 16 nitrogen and oxygen atoms in total. The standard InChI is InChI=1S/C33H35N5O11/c34-33-36-30-22(31(47)37-33)35-12-38(30)19-4-2-1-3-14(19)8-15-9-18-21(24(42)17-7-13(10-39)5-6-16(17)23(18)41)26(44)29(15)49-32-28(46)27(45)25(43)20(11-40)48-32/h1-7,9,20,22,25,27-28,30,32-33,35-36,39-40,43-46H,8,10-12,34H2,(H,37,47)/t20-,22-,25-,27+,28-,30-,32+,33+/m0/s1. The van der Waals surface area contributed by atoms with Crippen LogP contribution in [0.2, 0.25) is 0 Å². The van der Waals surface area contributed by atoms with E-state index in [-0.39, 0.29) is 52.6 Å². The summed E-state index contributed by atoms with van der Waals surface area (Å²) in [4.78, 5) is 42.2. The van der Waals surface area contributed by atoms with Gasteiger partial charge in [0.05, 0.1) is 25.4 Å². The highest BCUT2D eigenvalue weighted by molar-refractivity contribution is 6.29. The number of carbonyl (C=O) groups is 3. The molecule has 1 aliphatic carbocycles. The fourth-order valence-electron chi connectivity index (χ4n) is 6.87. The van der Waals surface area contributed by atoms with Crippen molar-refractivity contribution in [3.63, 3.8) is 0 Å². The Morgan fingerprint density at radius 1 is 0.918 bits per heavy atom. The normalized spacial score (nSPS) is 29.3. The van der Waals surface area contributed by atoms with Crippen LogP contribution < -0.4 is 31.3 Å². The van der Waals surface area contributed by atoms with Crippen LogP contribution in [0.25, 0.3) is 0 Å². The number of aliphatic hydroxyl groups is 5. The summed E-state index contributed by atoms with van der Waals surface area (Å²) in [5.41, 5.74) is 7.43. The van der Waals surface area contributed by atoms with Crippen molar-refractivity contribution in [1.29, 1.82) is 0 Å². The zero-order valence-corrected chi connectivity index (χ0v) is 25.8. The van der Waals surface area contributed by atoms with Crippen LogP contribution in [0.4, 0.5) is 5.69 Å². The molecular formula is C33H35N5O11. The predicted octanol–water partition coefficient (Wildman–Crippen LogP) is -2.55. The Balaban J connectivity index is 1.33. The Morgan fingerprint density at radius 3 is 2.45 bits per heavy atom. The van der Waals surface area contributed by atoms with Crippen LogP contribution in [-0.4, -0.2) is 111 Å². The number of hydrogen-bond acceptors (Lipinski definition) is 15. The summed E-state index contributed by atoms with van der Waals surface area (Å²) < 4.78 is 11.6. The minimum absolute atomic E-state index is 0.0202. The van der Waals surface area contributed by atoms with E-state index < -0.39 is 79.7 Å². The van der Waals surface area contributed by atoms with Gasteiger partial charge < -0.3 is 50.3 Å². The molecule has 0 spiro atoms. The number of nitrogens with two attached hydrogens (primary N) is 1. The van der Waals surface area contributed by atoms with Crippen molar-refractivity contribution in [2.24, 2.45) is 5.73 Å². The lowest BCUT2D eigenvalue weighted by atomic mass is 9.81. The third-order valence-corrected chi connectivity index (χ3v) is 9.39. The number of anilines is 1. The zero-order chi connectivity index (χ0) is 34.7. The number of rotatable bonds is 7. The van der Waals surface area contributed by atoms with E-state index in [1.165, 1.54) is 24.3 Å². The summed E-state index contributed by atoms with van der Waals surface area (Å²) in [6.07, 6.45) is -9.72. The van der Waals surface area contributed by atoms with Crippen LogP contribution in [0, 0.1) is 0 Å². The average Bonchev–Trinajstić information content (AvgIpc) is 3.52. The summed E-state index contributed by atoms with van der Waals surface area (Å²) in [5.74, 6) is -2.64. The van der Waals surface area contributed by atoms with Gasteiger partial charge in [0.15, 0.2) is 23.1 Å². The second kappa shape index (κ2) is 12.8. The van der Waals surface area contributed by atoms with Gasteiger partial charge in [0.25, 0.3) is 0 Å². The second-order valence-electron chi connectivity index (χ2n) is 12.4. The number of nitrogens with zero attached hydrogens (tertiary/aromatic N) is 1. The number of aliphatic hydroxyl groups excluding tert-OH is 5. The Hall–Kier alpha value is -4.49. The minimum atomic E-state index is -1.85. The molecule has 0 aromatic heterocycles. The number of phenols is 1. The molecule has 4 aliphatic rings. The largest absolute Gasteiger partial charge is 0.504 e. The SMILES string of the molecule is N[C@H]1NC(=O)[C@H]2NCN(c3ccccc3Cc3cc4c(c(O)c3O[C@H]3O[C@@H](CO)[C@H](O)[C@@H](O)[C@@H]3O)C(=O)c3cc(CO)ccc3C4=O)[C@@H]2N1. The smallest absolute Gasteiger partial charge is 0.242 e. The third-order valence-electron chi connectivity index (χ3n) is 9.39. The van der Waals surface area contributed by atoms with E-state index in [9.17, 15) is 45.0 Å². The second-order valence-corrected chi connectivity index (χ2v) is 12.4. The molecule has 7 rings (SSSR count). The van der Waals surface area contributed by atoms with E-state index in [0.29, 0.717) is 16.8 Å². The molecule has 11 N–H and O–H groups in total. The van der Waals surface area contributed by atoms with Gasteiger partial charge in [-0.15, -0.1) is 0 Å². The fraction of sp³-hybridized carbons (Fsp3) is 0.364. The predicted molar refractivity (Wildman–Crippen MR) is 168 cm³/mol. The quantitative estimate of drug-likeness (QED) is 0.0967. The Bertz CT molecular complexity index is 1840.